The standard InChI is InChI=1S/C16H15BrN4/c1-2-19-15-9-18-10-16(21-15)20-14-6-4-11-7-13(17)5-3-12(11)8-14/h3-10H,2H2,1H3,(H2,19,20,21). The van der Waals surface area contributed by atoms with Crippen molar-refractivity contribution in [2.24, 2.45) is 0 Å². The molecule has 21 heavy (non-hydrogen) atoms. The van der Waals surface area contributed by atoms with Gasteiger partial charge in [-0.25, -0.2) is 4.98 Å². The molecule has 5 heteroatoms. The van der Waals surface area contributed by atoms with Gasteiger partial charge in [0.05, 0.1) is 12.4 Å². The van der Waals surface area contributed by atoms with E-state index in [0.717, 1.165) is 28.3 Å². The lowest BCUT2D eigenvalue weighted by Crippen LogP contribution is -2.02. The second-order valence-electron chi connectivity index (χ2n) is 4.65. The molecular formula is C16H15BrN4. The lowest BCUT2D eigenvalue weighted by atomic mass is 10.1. The molecule has 0 spiro atoms. The van der Waals surface area contributed by atoms with E-state index >= 15 is 0 Å². The van der Waals surface area contributed by atoms with Crippen LogP contribution in [0.1, 0.15) is 6.92 Å². The third-order valence-electron chi connectivity index (χ3n) is 3.07. The van der Waals surface area contributed by atoms with Crippen LogP contribution >= 0.6 is 15.9 Å². The van der Waals surface area contributed by atoms with Gasteiger partial charge in [0.2, 0.25) is 0 Å². The van der Waals surface area contributed by atoms with E-state index in [4.69, 9.17) is 0 Å². The zero-order valence-electron chi connectivity index (χ0n) is 11.6. The van der Waals surface area contributed by atoms with E-state index in [1.165, 1.54) is 10.8 Å². The van der Waals surface area contributed by atoms with Gasteiger partial charge in [-0.15, -0.1) is 0 Å². The summed E-state index contributed by atoms with van der Waals surface area (Å²) in [5.74, 6) is 1.50. The molecule has 0 radical (unpaired) electrons. The number of hydrogen-bond acceptors (Lipinski definition) is 4. The second-order valence-corrected chi connectivity index (χ2v) is 5.57. The first kappa shape index (κ1) is 13.8. The molecule has 0 aliphatic heterocycles. The van der Waals surface area contributed by atoms with Crippen LogP contribution in [-0.4, -0.2) is 16.5 Å². The van der Waals surface area contributed by atoms with E-state index in [2.05, 4.69) is 60.8 Å². The van der Waals surface area contributed by atoms with E-state index in [1.54, 1.807) is 12.4 Å². The molecule has 0 aliphatic rings. The van der Waals surface area contributed by atoms with Crippen molar-refractivity contribution >= 4 is 44.0 Å². The summed E-state index contributed by atoms with van der Waals surface area (Å²) in [6, 6.07) is 12.5. The molecule has 0 atom stereocenters. The zero-order valence-corrected chi connectivity index (χ0v) is 13.2. The van der Waals surface area contributed by atoms with E-state index in [-0.39, 0.29) is 0 Å². The van der Waals surface area contributed by atoms with E-state index < -0.39 is 0 Å². The predicted octanol–water partition coefficient (Wildman–Crippen LogP) is 4.57. The number of nitrogens with one attached hydrogen (secondary N) is 2. The summed E-state index contributed by atoms with van der Waals surface area (Å²) in [4.78, 5) is 8.64. The fourth-order valence-electron chi connectivity index (χ4n) is 2.13. The van der Waals surface area contributed by atoms with Gasteiger partial charge >= 0.3 is 0 Å². The topological polar surface area (TPSA) is 49.8 Å². The third-order valence-corrected chi connectivity index (χ3v) is 3.56. The fraction of sp³-hybridized carbons (Fsp3) is 0.125. The average molecular weight is 343 g/mol. The molecule has 106 valence electrons. The molecule has 0 unspecified atom stereocenters. The minimum atomic E-state index is 0.727. The number of rotatable bonds is 4. The largest absolute Gasteiger partial charge is 0.369 e. The minimum absolute atomic E-state index is 0.727. The van der Waals surface area contributed by atoms with Crippen molar-refractivity contribution in [3.8, 4) is 0 Å². The van der Waals surface area contributed by atoms with Gasteiger partial charge in [0, 0.05) is 16.7 Å². The van der Waals surface area contributed by atoms with Crippen LogP contribution in [0.15, 0.2) is 53.3 Å². The summed E-state index contributed by atoms with van der Waals surface area (Å²) < 4.78 is 1.08. The number of benzene rings is 2. The number of halogens is 1. The molecule has 0 bridgehead atoms. The van der Waals surface area contributed by atoms with E-state index in [0.29, 0.717) is 0 Å². The van der Waals surface area contributed by atoms with Crippen LogP contribution in [-0.2, 0) is 0 Å². The van der Waals surface area contributed by atoms with Crippen LogP contribution in [0, 0.1) is 0 Å². The van der Waals surface area contributed by atoms with Gasteiger partial charge in [-0.1, -0.05) is 28.1 Å². The Bertz CT molecular complexity index is 773. The third kappa shape index (κ3) is 3.31. The van der Waals surface area contributed by atoms with Crippen molar-refractivity contribution in [3.05, 3.63) is 53.3 Å². The monoisotopic (exact) mass is 342 g/mol. The number of aromatic nitrogens is 2. The summed E-state index contributed by atoms with van der Waals surface area (Å²) in [6.07, 6.45) is 3.43. The normalized spacial score (nSPS) is 10.6. The molecule has 2 aromatic carbocycles. The first-order valence-electron chi connectivity index (χ1n) is 6.77. The van der Waals surface area contributed by atoms with Crippen molar-refractivity contribution in [1.82, 2.24) is 9.97 Å². The minimum Gasteiger partial charge on any atom is -0.369 e. The Kier molecular flexibility index (Phi) is 4.01. The smallest absolute Gasteiger partial charge is 0.151 e. The van der Waals surface area contributed by atoms with Crippen LogP contribution < -0.4 is 10.6 Å². The quantitative estimate of drug-likeness (QED) is 0.729. The fourth-order valence-corrected chi connectivity index (χ4v) is 2.51. The zero-order chi connectivity index (χ0) is 14.7. The number of anilines is 3. The summed E-state index contributed by atoms with van der Waals surface area (Å²) in [5, 5.41) is 8.81. The molecule has 2 N–H and O–H groups in total. The van der Waals surface area contributed by atoms with Crippen LogP contribution in [0.3, 0.4) is 0 Å². The summed E-state index contributed by atoms with van der Waals surface area (Å²) in [7, 11) is 0. The maximum absolute atomic E-state index is 4.46. The van der Waals surface area contributed by atoms with Crippen molar-refractivity contribution in [3.63, 3.8) is 0 Å². The van der Waals surface area contributed by atoms with Crippen molar-refractivity contribution in [2.75, 3.05) is 17.2 Å². The van der Waals surface area contributed by atoms with Crippen molar-refractivity contribution < 1.29 is 0 Å². The van der Waals surface area contributed by atoms with Crippen LogP contribution in [0.25, 0.3) is 10.8 Å². The highest BCUT2D eigenvalue weighted by Gasteiger charge is 2.01. The van der Waals surface area contributed by atoms with Gasteiger partial charge < -0.3 is 10.6 Å². The molecule has 1 heterocycles. The maximum atomic E-state index is 4.46. The Balaban J connectivity index is 1.87. The molecular weight excluding hydrogens is 328 g/mol. The number of fused-ring (bicyclic) bond motifs is 1. The highest BCUT2D eigenvalue weighted by atomic mass is 79.9. The number of nitrogens with zero attached hydrogens (tertiary/aromatic N) is 2. The van der Waals surface area contributed by atoms with Crippen LogP contribution in [0.5, 0.6) is 0 Å². The average Bonchev–Trinajstić information content (AvgIpc) is 2.48. The van der Waals surface area contributed by atoms with Gasteiger partial charge in [0.25, 0.3) is 0 Å². The molecule has 1 aromatic heterocycles. The molecule has 0 amide bonds. The van der Waals surface area contributed by atoms with Gasteiger partial charge in [-0.05, 0) is 42.0 Å². The summed E-state index contributed by atoms with van der Waals surface area (Å²) in [6.45, 7) is 2.85. The molecule has 0 saturated carbocycles. The number of hydrogen-bond donors (Lipinski definition) is 2. The Morgan fingerprint density at radius 1 is 1.00 bits per heavy atom. The molecule has 0 saturated heterocycles. The molecule has 0 fully saturated rings. The van der Waals surface area contributed by atoms with Gasteiger partial charge in [0.1, 0.15) is 5.82 Å². The van der Waals surface area contributed by atoms with Gasteiger partial charge in [-0.3, -0.25) is 4.98 Å². The Hall–Kier alpha value is -2.14. The lowest BCUT2D eigenvalue weighted by molar-refractivity contribution is 1.12. The molecule has 3 rings (SSSR count). The highest BCUT2D eigenvalue weighted by Crippen LogP contribution is 2.24. The SMILES string of the molecule is CCNc1cncc(Nc2ccc3cc(Br)ccc3c2)n1. The molecule has 3 aromatic rings. The predicted molar refractivity (Wildman–Crippen MR) is 91.1 cm³/mol. The van der Waals surface area contributed by atoms with Gasteiger partial charge in [0.15, 0.2) is 5.82 Å². The lowest BCUT2D eigenvalue weighted by Gasteiger charge is -2.08. The van der Waals surface area contributed by atoms with Crippen LogP contribution in [0.2, 0.25) is 0 Å². The van der Waals surface area contributed by atoms with E-state index in [9.17, 15) is 0 Å². The first-order valence-corrected chi connectivity index (χ1v) is 7.56. The van der Waals surface area contributed by atoms with E-state index in [1.807, 2.05) is 19.1 Å². The second kappa shape index (κ2) is 6.10. The molecule has 0 aliphatic carbocycles. The van der Waals surface area contributed by atoms with Crippen LogP contribution in [0.4, 0.5) is 17.3 Å². The van der Waals surface area contributed by atoms with Gasteiger partial charge in [-0.2, -0.15) is 0 Å². The summed E-state index contributed by atoms with van der Waals surface area (Å²) >= 11 is 3.49. The Labute approximate surface area is 131 Å². The first-order chi connectivity index (χ1) is 10.2. The summed E-state index contributed by atoms with van der Waals surface area (Å²) in [5.41, 5.74) is 0.993. The Morgan fingerprint density at radius 2 is 1.76 bits per heavy atom. The highest BCUT2D eigenvalue weighted by molar-refractivity contribution is 9.10. The molecule has 4 nitrogen and oxygen atoms in total. The van der Waals surface area contributed by atoms with Crippen molar-refractivity contribution in [1.29, 1.82) is 0 Å². The Morgan fingerprint density at radius 3 is 2.62 bits per heavy atom. The van der Waals surface area contributed by atoms with Crippen molar-refractivity contribution in [2.45, 2.75) is 6.92 Å². The maximum Gasteiger partial charge on any atom is 0.151 e.